The Kier molecular flexibility index (Phi) is 6.18. The molecule has 1 amide bonds. The lowest BCUT2D eigenvalue weighted by molar-refractivity contribution is -0.132. The molecule has 1 aromatic carbocycles. The fourth-order valence-electron chi connectivity index (χ4n) is 3.43. The molecule has 0 saturated carbocycles. The first-order chi connectivity index (χ1) is 10.2. The average Bonchev–Trinajstić information content (AvgIpc) is 2.96. The van der Waals surface area contributed by atoms with Gasteiger partial charge in [0.2, 0.25) is 5.91 Å². The molecule has 0 aromatic heterocycles. The molecule has 5 heteroatoms. The molecule has 1 atom stereocenters. The quantitative estimate of drug-likeness (QED) is 0.858. The first-order valence-corrected chi connectivity index (χ1v) is 8.78. The summed E-state index contributed by atoms with van der Waals surface area (Å²) in [5.41, 5.74) is 0.479. The predicted octanol–water partition coefficient (Wildman–Crippen LogP) is 3.19. The highest BCUT2D eigenvalue weighted by Gasteiger charge is 2.38. The largest absolute Gasteiger partial charge is 0.342 e. The SMILES string of the molecule is CC(Sc1ccccc1)C(=O)N1CCC2(CCNC2)CC1.Cl. The van der Waals surface area contributed by atoms with Gasteiger partial charge in [-0.15, -0.1) is 24.2 Å². The van der Waals surface area contributed by atoms with Gasteiger partial charge in [-0.1, -0.05) is 18.2 Å². The normalized spacial score (nSPS) is 21.4. The van der Waals surface area contributed by atoms with Gasteiger partial charge < -0.3 is 10.2 Å². The Morgan fingerprint density at radius 2 is 1.91 bits per heavy atom. The van der Waals surface area contributed by atoms with Crippen molar-refractivity contribution in [1.29, 1.82) is 0 Å². The molecular weight excluding hydrogens is 316 g/mol. The highest BCUT2D eigenvalue weighted by molar-refractivity contribution is 8.00. The van der Waals surface area contributed by atoms with Crippen LogP contribution in [0.3, 0.4) is 0 Å². The minimum Gasteiger partial charge on any atom is -0.342 e. The summed E-state index contributed by atoms with van der Waals surface area (Å²) in [6.07, 6.45) is 3.60. The van der Waals surface area contributed by atoms with E-state index < -0.39 is 0 Å². The summed E-state index contributed by atoms with van der Waals surface area (Å²) < 4.78 is 0. The Balaban J connectivity index is 0.00000176. The second-order valence-electron chi connectivity index (χ2n) is 6.33. The van der Waals surface area contributed by atoms with Gasteiger partial charge in [-0.3, -0.25) is 4.79 Å². The van der Waals surface area contributed by atoms with Crippen molar-refractivity contribution in [3.05, 3.63) is 30.3 Å². The highest BCUT2D eigenvalue weighted by Crippen LogP contribution is 2.37. The molecule has 0 bridgehead atoms. The first kappa shape index (κ1) is 17.6. The number of carbonyl (C=O) groups is 1. The second-order valence-corrected chi connectivity index (χ2v) is 7.74. The molecule has 1 spiro atoms. The molecule has 1 aromatic rings. The van der Waals surface area contributed by atoms with Crippen molar-refractivity contribution in [1.82, 2.24) is 10.2 Å². The summed E-state index contributed by atoms with van der Waals surface area (Å²) in [7, 11) is 0. The summed E-state index contributed by atoms with van der Waals surface area (Å²) >= 11 is 1.67. The summed E-state index contributed by atoms with van der Waals surface area (Å²) in [4.78, 5) is 15.8. The van der Waals surface area contributed by atoms with Crippen molar-refractivity contribution < 1.29 is 4.79 Å². The smallest absolute Gasteiger partial charge is 0.235 e. The van der Waals surface area contributed by atoms with Crippen LogP contribution in [0.1, 0.15) is 26.2 Å². The van der Waals surface area contributed by atoms with Gasteiger partial charge in [0.25, 0.3) is 0 Å². The Hall–Kier alpha value is -0.710. The van der Waals surface area contributed by atoms with Crippen LogP contribution in [-0.2, 0) is 4.79 Å². The van der Waals surface area contributed by atoms with Crippen LogP contribution in [0.4, 0.5) is 0 Å². The lowest BCUT2D eigenvalue weighted by atomic mass is 9.78. The second kappa shape index (κ2) is 7.71. The number of hydrogen-bond acceptors (Lipinski definition) is 3. The van der Waals surface area contributed by atoms with Crippen LogP contribution in [0.2, 0.25) is 0 Å². The topological polar surface area (TPSA) is 32.3 Å². The molecule has 3 rings (SSSR count). The van der Waals surface area contributed by atoms with Crippen LogP contribution in [0, 0.1) is 5.41 Å². The maximum Gasteiger partial charge on any atom is 0.235 e. The predicted molar refractivity (Wildman–Crippen MR) is 94.7 cm³/mol. The van der Waals surface area contributed by atoms with Gasteiger partial charge in [0.15, 0.2) is 0 Å². The number of benzene rings is 1. The Labute approximate surface area is 143 Å². The molecule has 22 heavy (non-hydrogen) atoms. The van der Waals surface area contributed by atoms with Crippen molar-refractivity contribution in [2.24, 2.45) is 5.41 Å². The number of hydrogen-bond donors (Lipinski definition) is 1. The fraction of sp³-hybridized carbons (Fsp3) is 0.588. The van der Waals surface area contributed by atoms with Gasteiger partial charge in [-0.25, -0.2) is 0 Å². The van der Waals surface area contributed by atoms with Crippen molar-refractivity contribution in [2.45, 2.75) is 36.3 Å². The van der Waals surface area contributed by atoms with E-state index in [-0.39, 0.29) is 17.7 Å². The Morgan fingerprint density at radius 3 is 2.50 bits per heavy atom. The maximum absolute atomic E-state index is 12.6. The average molecular weight is 341 g/mol. The van der Waals surface area contributed by atoms with Gasteiger partial charge in [0, 0.05) is 24.5 Å². The van der Waals surface area contributed by atoms with Crippen molar-refractivity contribution >= 4 is 30.1 Å². The van der Waals surface area contributed by atoms with E-state index in [4.69, 9.17) is 0 Å². The first-order valence-electron chi connectivity index (χ1n) is 7.90. The van der Waals surface area contributed by atoms with E-state index in [0.29, 0.717) is 11.3 Å². The van der Waals surface area contributed by atoms with Crippen molar-refractivity contribution in [3.8, 4) is 0 Å². The van der Waals surface area contributed by atoms with Gasteiger partial charge >= 0.3 is 0 Å². The minimum absolute atomic E-state index is 0. The van der Waals surface area contributed by atoms with Crippen LogP contribution >= 0.6 is 24.2 Å². The third-order valence-electron chi connectivity index (χ3n) is 4.87. The Bertz CT molecular complexity index is 481. The molecule has 1 unspecified atom stereocenters. The van der Waals surface area contributed by atoms with Crippen LogP contribution in [0.15, 0.2) is 35.2 Å². The van der Waals surface area contributed by atoms with Crippen LogP contribution in [0.5, 0.6) is 0 Å². The minimum atomic E-state index is 0. The number of nitrogens with one attached hydrogen (secondary N) is 1. The molecule has 2 heterocycles. The van der Waals surface area contributed by atoms with Crippen LogP contribution < -0.4 is 5.32 Å². The molecule has 2 aliphatic heterocycles. The fourth-order valence-corrected chi connectivity index (χ4v) is 4.41. The number of carbonyl (C=O) groups excluding carboxylic acids is 1. The third-order valence-corrected chi connectivity index (χ3v) is 5.97. The van der Waals surface area contributed by atoms with Gasteiger partial charge in [-0.2, -0.15) is 0 Å². The molecule has 2 aliphatic rings. The molecule has 3 nitrogen and oxygen atoms in total. The van der Waals surface area contributed by atoms with E-state index in [0.717, 1.165) is 39.0 Å². The van der Waals surface area contributed by atoms with Gasteiger partial charge in [0.05, 0.1) is 5.25 Å². The van der Waals surface area contributed by atoms with E-state index in [1.807, 2.05) is 25.1 Å². The molecule has 0 radical (unpaired) electrons. The number of piperidine rings is 1. The van der Waals surface area contributed by atoms with Crippen molar-refractivity contribution in [2.75, 3.05) is 26.2 Å². The number of rotatable bonds is 3. The zero-order valence-electron chi connectivity index (χ0n) is 13.1. The number of nitrogens with zero attached hydrogens (tertiary/aromatic N) is 1. The Morgan fingerprint density at radius 1 is 1.23 bits per heavy atom. The van der Waals surface area contributed by atoms with E-state index >= 15 is 0 Å². The number of amides is 1. The lowest BCUT2D eigenvalue weighted by Gasteiger charge is -2.39. The molecule has 122 valence electrons. The zero-order chi connectivity index (χ0) is 14.7. The van der Waals surface area contributed by atoms with E-state index in [9.17, 15) is 4.79 Å². The molecule has 0 aliphatic carbocycles. The monoisotopic (exact) mass is 340 g/mol. The maximum atomic E-state index is 12.6. The molecule has 1 N–H and O–H groups in total. The van der Waals surface area contributed by atoms with Gasteiger partial charge in [-0.05, 0) is 50.3 Å². The standard InChI is InChI=1S/C17H24N2OS.ClH/c1-14(21-15-5-3-2-4-6-15)16(20)19-11-8-17(9-12-19)7-10-18-13-17;/h2-6,14,18H,7-13H2,1H3;1H. The molecule has 2 saturated heterocycles. The van der Waals surface area contributed by atoms with E-state index in [1.54, 1.807) is 11.8 Å². The molecule has 2 fully saturated rings. The summed E-state index contributed by atoms with van der Waals surface area (Å²) in [6, 6.07) is 10.2. The van der Waals surface area contributed by atoms with Crippen molar-refractivity contribution in [3.63, 3.8) is 0 Å². The van der Waals surface area contributed by atoms with E-state index in [1.165, 1.54) is 11.3 Å². The summed E-state index contributed by atoms with van der Waals surface area (Å²) in [5, 5.41) is 3.48. The van der Waals surface area contributed by atoms with Crippen LogP contribution in [-0.4, -0.2) is 42.2 Å². The highest BCUT2D eigenvalue weighted by atomic mass is 35.5. The summed E-state index contributed by atoms with van der Waals surface area (Å²) in [5.74, 6) is 0.296. The van der Waals surface area contributed by atoms with Crippen LogP contribution in [0.25, 0.3) is 0 Å². The van der Waals surface area contributed by atoms with Gasteiger partial charge in [0.1, 0.15) is 0 Å². The zero-order valence-corrected chi connectivity index (χ0v) is 14.7. The number of likely N-dealkylation sites (tertiary alicyclic amines) is 1. The third kappa shape index (κ3) is 3.98. The summed E-state index contributed by atoms with van der Waals surface area (Å²) in [6.45, 7) is 6.18. The lowest BCUT2D eigenvalue weighted by Crippen LogP contribution is -2.46. The molecular formula is C17H25ClN2OS. The number of thioether (sulfide) groups is 1. The number of halogens is 1. The van der Waals surface area contributed by atoms with E-state index in [2.05, 4.69) is 22.3 Å².